The molecule has 3 nitrogen and oxygen atoms in total. The molecule has 0 radical (unpaired) electrons. The Morgan fingerprint density at radius 3 is 2.69 bits per heavy atom. The summed E-state index contributed by atoms with van der Waals surface area (Å²) in [5, 5.41) is 9.40. The second kappa shape index (κ2) is 4.94. The van der Waals surface area contributed by atoms with Gasteiger partial charge in [0.1, 0.15) is 0 Å². The first-order valence-corrected chi connectivity index (χ1v) is 5.04. The number of methoxy groups -OCH3 is 1. The maximum Gasteiger partial charge on any atom is 0.0615 e. The minimum absolute atomic E-state index is 0.0813. The number of likely N-dealkylation sites (N-methyl/N-ethyl adjacent to an activating group) is 1. The van der Waals surface area contributed by atoms with Gasteiger partial charge in [-0.1, -0.05) is 0 Å². The van der Waals surface area contributed by atoms with E-state index in [9.17, 15) is 5.11 Å². The summed E-state index contributed by atoms with van der Waals surface area (Å²) < 4.78 is 5.11. The van der Waals surface area contributed by atoms with Gasteiger partial charge in [-0.05, 0) is 33.2 Å². The highest BCUT2D eigenvalue weighted by atomic mass is 16.5. The molecule has 0 amide bonds. The first-order valence-electron chi connectivity index (χ1n) is 5.04. The van der Waals surface area contributed by atoms with Gasteiger partial charge in [-0.15, -0.1) is 0 Å². The van der Waals surface area contributed by atoms with E-state index in [1.807, 2.05) is 0 Å². The van der Waals surface area contributed by atoms with Crippen LogP contribution >= 0.6 is 0 Å². The lowest BCUT2D eigenvalue weighted by molar-refractivity contribution is 0.0840. The summed E-state index contributed by atoms with van der Waals surface area (Å²) in [6.07, 6.45) is 2.91. The third-order valence-electron chi connectivity index (χ3n) is 3.06. The maximum absolute atomic E-state index is 9.40. The second-order valence-corrected chi connectivity index (χ2v) is 4.09. The number of aliphatic hydroxyl groups is 1. The molecule has 0 aromatic carbocycles. The largest absolute Gasteiger partial charge is 0.393 e. The molecule has 3 atom stereocenters. The van der Waals surface area contributed by atoms with Crippen LogP contribution < -0.4 is 0 Å². The summed E-state index contributed by atoms with van der Waals surface area (Å²) in [4.78, 5) is 2.32. The molecule has 1 aliphatic rings. The molecule has 1 rings (SSSR count). The van der Waals surface area contributed by atoms with Gasteiger partial charge in [-0.25, -0.2) is 0 Å². The number of hydrogen-bond acceptors (Lipinski definition) is 3. The van der Waals surface area contributed by atoms with Crippen LogP contribution in [0.3, 0.4) is 0 Å². The van der Waals surface area contributed by atoms with Crippen LogP contribution in [0.1, 0.15) is 26.2 Å². The quantitative estimate of drug-likeness (QED) is 0.708. The number of nitrogens with zero attached hydrogens (tertiary/aromatic N) is 1. The summed E-state index contributed by atoms with van der Waals surface area (Å²) >= 11 is 0. The monoisotopic (exact) mass is 187 g/mol. The fourth-order valence-electron chi connectivity index (χ4n) is 2.02. The van der Waals surface area contributed by atoms with Crippen LogP contribution in [-0.2, 0) is 4.74 Å². The van der Waals surface area contributed by atoms with E-state index in [1.54, 1.807) is 7.11 Å². The third-order valence-corrected chi connectivity index (χ3v) is 3.06. The Morgan fingerprint density at radius 2 is 2.23 bits per heavy atom. The SMILES string of the molecule is COCC(C)N(C)C1CCC(O)C1. The first-order chi connectivity index (χ1) is 6.15. The molecule has 0 heterocycles. The molecule has 3 heteroatoms. The molecular formula is C10H21NO2. The van der Waals surface area contributed by atoms with Crippen LogP contribution in [-0.4, -0.2) is 49.0 Å². The Labute approximate surface area is 80.7 Å². The van der Waals surface area contributed by atoms with Gasteiger partial charge < -0.3 is 9.84 Å². The van der Waals surface area contributed by atoms with Crippen molar-refractivity contribution in [3.63, 3.8) is 0 Å². The lowest BCUT2D eigenvalue weighted by Crippen LogP contribution is -2.39. The van der Waals surface area contributed by atoms with E-state index >= 15 is 0 Å². The minimum atomic E-state index is -0.0813. The molecule has 1 saturated carbocycles. The molecular weight excluding hydrogens is 166 g/mol. The highest BCUT2D eigenvalue weighted by molar-refractivity contribution is 4.83. The van der Waals surface area contributed by atoms with E-state index in [4.69, 9.17) is 4.74 Å². The standard InChI is InChI=1S/C10H21NO2/c1-8(7-13-3)11(2)9-4-5-10(12)6-9/h8-10,12H,4-7H2,1-3H3. The predicted molar refractivity (Wildman–Crippen MR) is 52.7 cm³/mol. The Balaban J connectivity index is 2.33. The van der Waals surface area contributed by atoms with Gasteiger partial charge in [0, 0.05) is 19.2 Å². The van der Waals surface area contributed by atoms with Crippen molar-refractivity contribution in [2.75, 3.05) is 20.8 Å². The van der Waals surface area contributed by atoms with Gasteiger partial charge in [0.05, 0.1) is 12.7 Å². The molecule has 1 N–H and O–H groups in total. The van der Waals surface area contributed by atoms with Crippen molar-refractivity contribution in [2.45, 2.75) is 44.4 Å². The van der Waals surface area contributed by atoms with Gasteiger partial charge >= 0.3 is 0 Å². The van der Waals surface area contributed by atoms with Gasteiger partial charge in [0.2, 0.25) is 0 Å². The normalized spacial score (nSPS) is 31.2. The molecule has 0 aromatic rings. The molecule has 78 valence electrons. The average molecular weight is 187 g/mol. The first kappa shape index (κ1) is 11.0. The van der Waals surface area contributed by atoms with Crippen LogP contribution in [0, 0.1) is 0 Å². The van der Waals surface area contributed by atoms with Crippen LogP contribution in [0.25, 0.3) is 0 Å². The summed E-state index contributed by atoms with van der Waals surface area (Å²) in [7, 11) is 3.85. The topological polar surface area (TPSA) is 32.7 Å². The van der Waals surface area contributed by atoms with Gasteiger partial charge in [-0.3, -0.25) is 4.90 Å². The Bertz CT molecular complexity index is 152. The molecule has 1 fully saturated rings. The number of hydrogen-bond donors (Lipinski definition) is 1. The Morgan fingerprint density at radius 1 is 1.54 bits per heavy atom. The fraction of sp³-hybridized carbons (Fsp3) is 1.00. The second-order valence-electron chi connectivity index (χ2n) is 4.09. The van der Waals surface area contributed by atoms with E-state index < -0.39 is 0 Å². The van der Waals surface area contributed by atoms with E-state index in [0.29, 0.717) is 12.1 Å². The molecule has 13 heavy (non-hydrogen) atoms. The van der Waals surface area contributed by atoms with Crippen molar-refractivity contribution in [2.24, 2.45) is 0 Å². The molecule has 1 aliphatic carbocycles. The number of aliphatic hydroxyl groups excluding tert-OH is 1. The van der Waals surface area contributed by atoms with Gasteiger partial charge in [0.15, 0.2) is 0 Å². The van der Waals surface area contributed by atoms with E-state index in [2.05, 4.69) is 18.9 Å². The van der Waals surface area contributed by atoms with Crippen LogP contribution in [0.15, 0.2) is 0 Å². The fourth-order valence-corrected chi connectivity index (χ4v) is 2.02. The number of rotatable bonds is 4. The molecule has 0 spiro atoms. The third kappa shape index (κ3) is 2.93. The van der Waals surface area contributed by atoms with Crippen LogP contribution in [0.5, 0.6) is 0 Å². The van der Waals surface area contributed by atoms with Gasteiger partial charge in [-0.2, -0.15) is 0 Å². The Kier molecular flexibility index (Phi) is 4.16. The van der Waals surface area contributed by atoms with Gasteiger partial charge in [0.25, 0.3) is 0 Å². The number of ether oxygens (including phenoxy) is 1. The van der Waals surface area contributed by atoms with Crippen LogP contribution in [0.2, 0.25) is 0 Å². The lowest BCUT2D eigenvalue weighted by Gasteiger charge is -2.30. The van der Waals surface area contributed by atoms with E-state index in [1.165, 1.54) is 0 Å². The minimum Gasteiger partial charge on any atom is -0.393 e. The van der Waals surface area contributed by atoms with E-state index in [0.717, 1.165) is 25.9 Å². The molecule has 3 unspecified atom stereocenters. The molecule has 0 bridgehead atoms. The highest BCUT2D eigenvalue weighted by Crippen LogP contribution is 2.24. The zero-order valence-electron chi connectivity index (χ0n) is 8.86. The summed E-state index contributed by atoms with van der Waals surface area (Å²) in [6.45, 7) is 2.93. The molecule has 0 aromatic heterocycles. The zero-order valence-corrected chi connectivity index (χ0v) is 8.86. The van der Waals surface area contributed by atoms with Crippen molar-refractivity contribution in [1.29, 1.82) is 0 Å². The van der Waals surface area contributed by atoms with Crippen molar-refractivity contribution in [1.82, 2.24) is 4.90 Å². The maximum atomic E-state index is 9.40. The lowest BCUT2D eigenvalue weighted by atomic mass is 10.2. The summed E-state index contributed by atoms with van der Waals surface area (Å²) in [5.74, 6) is 0. The van der Waals surface area contributed by atoms with Crippen molar-refractivity contribution in [3.05, 3.63) is 0 Å². The predicted octanol–water partition coefficient (Wildman–Crippen LogP) is 0.867. The van der Waals surface area contributed by atoms with Crippen molar-refractivity contribution < 1.29 is 9.84 Å². The van der Waals surface area contributed by atoms with Crippen molar-refractivity contribution >= 4 is 0 Å². The van der Waals surface area contributed by atoms with Crippen molar-refractivity contribution in [3.8, 4) is 0 Å². The Hall–Kier alpha value is -0.120. The zero-order chi connectivity index (χ0) is 9.84. The van der Waals surface area contributed by atoms with Crippen LogP contribution in [0.4, 0.5) is 0 Å². The smallest absolute Gasteiger partial charge is 0.0615 e. The molecule has 0 aliphatic heterocycles. The summed E-state index contributed by atoms with van der Waals surface area (Å²) in [5.41, 5.74) is 0. The van der Waals surface area contributed by atoms with E-state index in [-0.39, 0.29) is 6.10 Å². The highest BCUT2D eigenvalue weighted by Gasteiger charge is 2.28. The summed E-state index contributed by atoms with van der Waals surface area (Å²) in [6, 6.07) is 0.987. The average Bonchev–Trinajstić information content (AvgIpc) is 2.51. The molecule has 0 saturated heterocycles.